The second-order valence-electron chi connectivity index (χ2n) is 6.11. The number of nitrogens with zero attached hydrogens (tertiary/aromatic N) is 3. The van der Waals surface area contributed by atoms with Crippen molar-refractivity contribution < 1.29 is 0 Å². The highest BCUT2D eigenvalue weighted by Crippen LogP contribution is 2.26. The lowest BCUT2D eigenvalue weighted by Crippen LogP contribution is -2.36. The van der Waals surface area contributed by atoms with Crippen LogP contribution in [0.3, 0.4) is 0 Å². The molecule has 1 aliphatic carbocycles. The van der Waals surface area contributed by atoms with E-state index in [0.29, 0.717) is 0 Å². The maximum atomic E-state index is 4.35. The summed E-state index contributed by atoms with van der Waals surface area (Å²) in [5.74, 6) is 1.87. The quantitative estimate of drug-likeness (QED) is 0.872. The molecular weight excluding hydrogens is 212 g/mol. The summed E-state index contributed by atoms with van der Waals surface area (Å²) < 4.78 is 2.08. The minimum atomic E-state index is 0.129. The van der Waals surface area contributed by atoms with Gasteiger partial charge in [-0.1, -0.05) is 12.8 Å². The van der Waals surface area contributed by atoms with Crippen LogP contribution in [-0.4, -0.2) is 20.3 Å². The third-order valence-electron chi connectivity index (χ3n) is 3.38. The molecule has 1 aromatic heterocycles. The van der Waals surface area contributed by atoms with Gasteiger partial charge in [-0.3, -0.25) is 0 Å². The molecule has 2 rings (SSSR count). The average molecular weight is 236 g/mol. The zero-order valence-corrected chi connectivity index (χ0v) is 11.2. The van der Waals surface area contributed by atoms with Crippen LogP contribution in [0.5, 0.6) is 0 Å². The van der Waals surface area contributed by atoms with E-state index in [9.17, 15) is 0 Å². The Morgan fingerprint density at radius 2 is 2.06 bits per heavy atom. The fraction of sp³-hybridized carbons (Fsp3) is 0.846. The van der Waals surface area contributed by atoms with E-state index in [-0.39, 0.29) is 5.54 Å². The van der Waals surface area contributed by atoms with Gasteiger partial charge >= 0.3 is 0 Å². The van der Waals surface area contributed by atoms with Crippen molar-refractivity contribution in [3.8, 4) is 0 Å². The molecule has 1 saturated carbocycles. The monoisotopic (exact) mass is 236 g/mol. The van der Waals surface area contributed by atoms with Crippen molar-refractivity contribution in [2.24, 2.45) is 5.92 Å². The molecule has 0 unspecified atom stereocenters. The zero-order valence-electron chi connectivity index (χ0n) is 11.2. The van der Waals surface area contributed by atoms with Gasteiger partial charge in [-0.15, -0.1) is 0 Å². The Bertz CT molecular complexity index is 345. The van der Waals surface area contributed by atoms with E-state index in [4.69, 9.17) is 0 Å². The molecule has 1 heterocycles. The maximum Gasteiger partial charge on any atom is 0.140 e. The fourth-order valence-electron chi connectivity index (χ4n) is 2.36. The van der Waals surface area contributed by atoms with Crippen LogP contribution in [0.25, 0.3) is 0 Å². The van der Waals surface area contributed by atoms with Crippen molar-refractivity contribution in [3.05, 3.63) is 12.2 Å². The first-order valence-electron chi connectivity index (χ1n) is 6.66. The summed E-state index contributed by atoms with van der Waals surface area (Å²) in [6.45, 7) is 8.36. The maximum absolute atomic E-state index is 4.35. The summed E-state index contributed by atoms with van der Waals surface area (Å²) in [4.78, 5) is 4.35. The lowest BCUT2D eigenvalue weighted by Gasteiger charge is -2.20. The summed E-state index contributed by atoms with van der Waals surface area (Å²) in [7, 11) is 0. The zero-order chi connectivity index (χ0) is 12.3. The van der Waals surface area contributed by atoms with Crippen LogP contribution in [-0.2, 0) is 13.1 Å². The molecule has 4 nitrogen and oxygen atoms in total. The Morgan fingerprint density at radius 3 is 2.71 bits per heavy atom. The standard InChI is InChI=1S/C13H24N4/c1-13(2,3)15-8-12-14-10-16-17(12)9-11-6-4-5-7-11/h10-11,15H,4-9H2,1-3H3. The molecule has 0 radical (unpaired) electrons. The molecule has 0 atom stereocenters. The first-order chi connectivity index (χ1) is 8.04. The molecule has 1 fully saturated rings. The number of hydrogen-bond donors (Lipinski definition) is 1. The highest BCUT2D eigenvalue weighted by atomic mass is 15.3. The normalized spacial score (nSPS) is 17.8. The second kappa shape index (κ2) is 5.17. The van der Waals surface area contributed by atoms with E-state index in [1.807, 2.05) is 0 Å². The molecule has 96 valence electrons. The highest BCUT2D eigenvalue weighted by molar-refractivity contribution is 4.87. The molecule has 1 aliphatic rings. The minimum Gasteiger partial charge on any atom is -0.305 e. The van der Waals surface area contributed by atoms with Crippen molar-refractivity contribution in [1.29, 1.82) is 0 Å². The predicted octanol–water partition coefficient (Wildman–Crippen LogP) is 2.36. The first kappa shape index (κ1) is 12.6. The Hall–Kier alpha value is -0.900. The lowest BCUT2D eigenvalue weighted by atomic mass is 10.1. The predicted molar refractivity (Wildman–Crippen MR) is 68.6 cm³/mol. The van der Waals surface area contributed by atoms with Gasteiger partial charge in [0.25, 0.3) is 0 Å². The molecule has 0 aromatic carbocycles. The molecule has 0 amide bonds. The summed E-state index contributed by atoms with van der Waals surface area (Å²) >= 11 is 0. The smallest absolute Gasteiger partial charge is 0.140 e. The Morgan fingerprint density at radius 1 is 1.35 bits per heavy atom. The van der Waals surface area contributed by atoms with Crippen LogP contribution < -0.4 is 5.32 Å². The van der Waals surface area contributed by atoms with Gasteiger partial charge in [-0.05, 0) is 39.5 Å². The summed E-state index contributed by atoms with van der Waals surface area (Å²) in [6.07, 6.45) is 7.15. The Kier molecular flexibility index (Phi) is 3.82. The molecule has 4 heteroatoms. The van der Waals surface area contributed by atoms with Crippen LogP contribution in [0, 0.1) is 5.92 Å². The lowest BCUT2D eigenvalue weighted by molar-refractivity contribution is 0.383. The van der Waals surface area contributed by atoms with Crippen LogP contribution in [0.1, 0.15) is 52.3 Å². The first-order valence-corrected chi connectivity index (χ1v) is 6.66. The van der Waals surface area contributed by atoms with Crippen LogP contribution in [0.15, 0.2) is 6.33 Å². The molecule has 17 heavy (non-hydrogen) atoms. The van der Waals surface area contributed by atoms with Crippen molar-refractivity contribution in [2.45, 2.75) is 65.1 Å². The van der Waals surface area contributed by atoms with E-state index in [1.54, 1.807) is 6.33 Å². The summed E-state index contributed by atoms with van der Waals surface area (Å²) in [5, 5.41) is 7.81. The van der Waals surface area contributed by atoms with Crippen LogP contribution in [0.2, 0.25) is 0 Å². The molecule has 0 spiro atoms. The van der Waals surface area contributed by atoms with Crippen molar-refractivity contribution in [1.82, 2.24) is 20.1 Å². The van der Waals surface area contributed by atoms with E-state index in [2.05, 4.69) is 40.9 Å². The average Bonchev–Trinajstić information content (AvgIpc) is 2.86. The van der Waals surface area contributed by atoms with Crippen molar-refractivity contribution in [3.63, 3.8) is 0 Å². The van der Waals surface area contributed by atoms with Gasteiger partial charge in [0, 0.05) is 12.1 Å². The van der Waals surface area contributed by atoms with Gasteiger partial charge in [0.05, 0.1) is 6.54 Å². The third-order valence-corrected chi connectivity index (χ3v) is 3.38. The topological polar surface area (TPSA) is 42.7 Å². The van der Waals surface area contributed by atoms with E-state index in [0.717, 1.165) is 24.8 Å². The fourth-order valence-corrected chi connectivity index (χ4v) is 2.36. The molecule has 0 aliphatic heterocycles. The van der Waals surface area contributed by atoms with Crippen LogP contribution >= 0.6 is 0 Å². The van der Waals surface area contributed by atoms with E-state index < -0.39 is 0 Å². The summed E-state index contributed by atoms with van der Waals surface area (Å²) in [5.41, 5.74) is 0.129. The van der Waals surface area contributed by atoms with Gasteiger partial charge in [0.2, 0.25) is 0 Å². The second-order valence-corrected chi connectivity index (χ2v) is 6.11. The van der Waals surface area contributed by atoms with Gasteiger partial charge < -0.3 is 5.32 Å². The SMILES string of the molecule is CC(C)(C)NCc1ncnn1CC1CCCC1. The number of nitrogens with one attached hydrogen (secondary N) is 1. The van der Waals surface area contributed by atoms with E-state index in [1.165, 1.54) is 25.7 Å². The van der Waals surface area contributed by atoms with Gasteiger partial charge in [0.15, 0.2) is 0 Å². The van der Waals surface area contributed by atoms with Gasteiger partial charge in [-0.25, -0.2) is 9.67 Å². The minimum absolute atomic E-state index is 0.129. The Labute approximate surface area is 104 Å². The largest absolute Gasteiger partial charge is 0.305 e. The summed E-state index contributed by atoms with van der Waals surface area (Å²) in [6, 6.07) is 0. The van der Waals surface area contributed by atoms with Gasteiger partial charge in [-0.2, -0.15) is 5.10 Å². The van der Waals surface area contributed by atoms with Crippen molar-refractivity contribution in [2.75, 3.05) is 0 Å². The van der Waals surface area contributed by atoms with Crippen LogP contribution in [0.4, 0.5) is 0 Å². The Balaban J connectivity index is 1.91. The molecule has 1 N–H and O–H groups in total. The number of aromatic nitrogens is 3. The number of rotatable bonds is 4. The third kappa shape index (κ3) is 3.80. The number of hydrogen-bond acceptors (Lipinski definition) is 3. The molecule has 1 aromatic rings. The van der Waals surface area contributed by atoms with E-state index >= 15 is 0 Å². The molecular formula is C13H24N4. The molecule has 0 bridgehead atoms. The molecule has 0 saturated heterocycles. The van der Waals surface area contributed by atoms with Crippen molar-refractivity contribution >= 4 is 0 Å². The highest BCUT2D eigenvalue weighted by Gasteiger charge is 2.18. The van der Waals surface area contributed by atoms with Gasteiger partial charge in [0.1, 0.15) is 12.2 Å².